The average Bonchev–Trinajstić information content (AvgIpc) is 2.47. The molecule has 3 aromatic carbocycles. The maximum Gasteiger partial charge on any atom is 0.295 e. The van der Waals surface area contributed by atoms with E-state index in [1.165, 1.54) is 6.07 Å². The summed E-state index contributed by atoms with van der Waals surface area (Å²) in [6, 6.07) is 16.2. The molecule has 0 saturated carbocycles. The molecule has 3 aromatic rings. The molecule has 4 nitrogen and oxygen atoms in total. The van der Waals surface area contributed by atoms with Gasteiger partial charge in [0.2, 0.25) is 0 Å². The van der Waals surface area contributed by atoms with Crippen molar-refractivity contribution in [2.75, 3.05) is 0 Å². The topological polar surface area (TPSA) is 71.4 Å². The predicted octanol–water partition coefficient (Wildman–Crippen LogP) is 3.05. The van der Waals surface area contributed by atoms with Crippen LogP contribution in [0.25, 0.3) is 21.5 Å². The smallest absolute Gasteiger partial charge is 0.295 e. The van der Waals surface area contributed by atoms with Crippen molar-refractivity contribution in [3.05, 3.63) is 54.6 Å². The molecule has 0 aliphatic heterocycles. The van der Waals surface area contributed by atoms with E-state index in [9.17, 15) is 13.0 Å². The van der Waals surface area contributed by atoms with E-state index in [0.717, 1.165) is 16.2 Å². The summed E-state index contributed by atoms with van der Waals surface area (Å²) in [6.45, 7) is 2.00. The molecule has 0 bridgehead atoms. The number of fused-ring (bicyclic) bond motifs is 3. The van der Waals surface area contributed by atoms with Gasteiger partial charge in [0.05, 0.1) is 0 Å². The lowest BCUT2D eigenvalue weighted by atomic mass is 10.0. The van der Waals surface area contributed by atoms with Crippen molar-refractivity contribution in [1.29, 1.82) is 0 Å². The largest absolute Gasteiger partial charge is 0.307 e. The Hall–Kier alpha value is -2.24. The molecule has 0 fully saturated rings. The van der Waals surface area contributed by atoms with Gasteiger partial charge in [0, 0.05) is 5.39 Å². The van der Waals surface area contributed by atoms with Gasteiger partial charge in [-0.3, -0.25) is 4.55 Å². The molecular formula is C15H12O4S. The Morgan fingerprint density at radius 1 is 0.750 bits per heavy atom. The SMILES string of the molecule is C=O.O=S(=O)(O)c1cccc2c1ccc1ccccc12. The lowest BCUT2D eigenvalue weighted by Crippen LogP contribution is -1.98. The molecule has 0 atom stereocenters. The van der Waals surface area contributed by atoms with E-state index in [4.69, 9.17) is 4.79 Å². The fourth-order valence-electron chi connectivity index (χ4n) is 2.24. The highest BCUT2D eigenvalue weighted by Crippen LogP contribution is 2.29. The van der Waals surface area contributed by atoms with E-state index in [1.54, 1.807) is 12.1 Å². The first-order valence-corrected chi connectivity index (χ1v) is 7.18. The molecule has 0 saturated heterocycles. The summed E-state index contributed by atoms with van der Waals surface area (Å²) >= 11 is 0. The molecule has 102 valence electrons. The Morgan fingerprint density at radius 3 is 2.10 bits per heavy atom. The van der Waals surface area contributed by atoms with Crippen molar-refractivity contribution in [3.8, 4) is 0 Å². The van der Waals surface area contributed by atoms with Crippen LogP contribution in [-0.2, 0) is 14.9 Å². The van der Waals surface area contributed by atoms with Gasteiger partial charge in [-0.2, -0.15) is 8.42 Å². The van der Waals surface area contributed by atoms with E-state index in [-0.39, 0.29) is 4.90 Å². The Labute approximate surface area is 116 Å². The Balaban J connectivity index is 0.000000704. The second-order valence-corrected chi connectivity index (χ2v) is 5.50. The van der Waals surface area contributed by atoms with Crippen molar-refractivity contribution in [3.63, 3.8) is 0 Å². The van der Waals surface area contributed by atoms with Gasteiger partial charge in [0.1, 0.15) is 11.7 Å². The highest BCUT2D eigenvalue weighted by atomic mass is 32.2. The lowest BCUT2D eigenvalue weighted by molar-refractivity contribution is -0.0979. The van der Waals surface area contributed by atoms with Crippen LogP contribution < -0.4 is 0 Å². The molecule has 0 radical (unpaired) electrons. The normalized spacial score (nSPS) is 11.1. The van der Waals surface area contributed by atoms with Gasteiger partial charge in [-0.05, 0) is 22.2 Å². The third kappa shape index (κ3) is 2.41. The Morgan fingerprint density at radius 2 is 1.40 bits per heavy atom. The quantitative estimate of drug-likeness (QED) is 0.552. The van der Waals surface area contributed by atoms with Crippen LogP contribution in [0, 0.1) is 0 Å². The summed E-state index contributed by atoms with van der Waals surface area (Å²) in [5, 5.41) is 3.37. The zero-order chi connectivity index (χ0) is 14.8. The summed E-state index contributed by atoms with van der Waals surface area (Å²) in [5.74, 6) is 0. The highest BCUT2D eigenvalue weighted by molar-refractivity contribution is 7.86. The molecule has 20 heavy (non-hydrogen) atoms. The second kappa shape index (κ2) is 5.40. The summed E-state index contributed by atoms with van der Waals surface area (Å²) in [6.07, 6.45) is 0. The van der Waals surface area contributed by atoms with Crippen LogP contribution in [0.5, 0.6) is 0 Å². The summed E-state index contributed by atoms with van der Waals surface area (Å²) in [7, 11) is -4.20. The molecule has 3 rings (SSSR count). The van der Waals surface area contributed by atoms with Crippen molar-refractivity contribution < 1.29 is 17.8 Å². The van der Waals surface area contributed by atoms with Crippen molar-refractivity contribution >= 4 is 38.5 Å². The second-order valence-electron chi connectivity index (χ2n) is 4.11. The molecule has 0 aromatic heterocycles. The number of benzene rings is 3. The van der Waals surface area contributed by atoms with Crippen molar-refractivity contribution in [1.82, 2.24) is 0 Å². The average molecular weight is 288 g/mol. The van der Waals surface area contributed by atoms with Crippen LogP contribution in [0.15, 0.2) is 59.5 Å². The zero-order valence-electron chi connectivity index (χ0n) is 10.5. The molecule has 0 spiro atoms. The van der Waals surface area contributed by atoms with Gasteiger partial charge in [-0.1, -0.05) is 48.5 Å². The van der Waals surface area contributed by atoms with E-state index >= 15 is 0 Å². The molecule has 0 unspecified atom stereocenters. The van der Waals surface area contributed by atoms with Gasteiger partial charge in [0.15, 0.2) is 0 Å². The molecule has 0 aliphatic carbocycles. The van der Waals surface area contributed by atoms with Gasteiger partial charge in [-0.25, -0.2) is 0 Å². The number of rotatable bonds is 1. The lowest BCUT2D eigenvalue weighted by Gasteiger charge is -2.06. The van der Waals surface area contributed by atoms with Crippen LogP contribution in [0.2, 0.25) is 0 Å². The maximum absolute atomic E-state index is 11.3. The Kier molecular flexibility index (Phi) is 3.83. The summed E-state index contributed by atoms with van der Waals surface area (Å²) in [4.78, 5) is 7.95. The molecule has 1 N–H and O–H groups in total. The molecule has 0 amide bonds. The Bertz CT molecular complexity index is 869. The minimum Gasteiger partial charge on any atom is -0.307 e. The van der Waals surface area contributed by atoms with E-state index < -0.39 is 10.1 Å². The van der Waals surface area contributed by atoms with Gasteiger partial charge < -0.3 is 4.79 Å². The first-order valence-electron chi connectivity index (χ1n) is 5.74. The van der Waals surface area contributed by atoms with E-state index in [1.807, 2.05) is 43.2 Å². The summed E-state index contributed by atoms with van der Waals surface area (Å²) < 4.78 is 31.9. The molecule has 0 aliphatic rings. The van der Waals surface area contributed by atoms with Gasteiger partial charge in [0.25, 0.3) is 10.1 Å². The predicted molar refractivity (Wildman–Crippen MR) is 78.4 cm³/mol. The van der Waals surface area contributed by atoms with Crippen molar-refractivity contribution in [2.24, 2.45) is 0 Å². The molecule has 5 heteroatoms. The monoisotopic (exact) mass is 288 g/mol. The van der Waals surface area contributed by atoms with Crippen LogP contribution >= 0.6 is 0 Å². The fraction of sp³-hybridized carbons (Fsp3) is 0. The number of hydrogen-bond acceptors (Lipinski definition) is 3. The van der Waals surface area contributed by atoms with Crippen LogP contribution in [0.3, 0.4) is 0 Å². The van der Waals surface area contributed by atoms with Crippen LogP contribution in [0.1, 0.15) is 0 Å². The summed E-state index contributed by atoms with van der Waals surface area (Å²) in [5.41, 5.74) is 0. The maximum atomic E-state index is 11.3. The number of carbonyl (C=O) groups is 1. The van der Waals surface area contributed by atoms with Crippen LogP contribution in [0.4, 0.5) is 0 Å². The standard InChI is InChI=1S/C14H10O3S.CH2O/c15-18(16,17)14-7-3-6-12-11-5-2-1-4-10(11)8-9-13(12)14;1-2/h1-9H,(H,15,16,17);1H2. The molecule has 0 heterocycles. The number of carbonyl (C=O) groups excluding carboxylic acids is 1. The highest BCUT2D eigenvalue weighted by Gasteiger charge is 2.14. The minimum absolute atomic E-state index is 0.0502. The minimum atomic E-state index is -4.20. The van der Waals surface area contributed by atoms with Crippen LogP contribution in [-0.4, -0.2) is 19.8 Å². The number of hydrogen-bond donors (Lipinski definition) is 1. The van der Waals surface area contributed by atoms with E-state index in [0.29, 0.717) is 5.39 Å². The first-order chi connectivity index (χ1) is 9.57. The first kappa shape index (κ1) is 14.2. The van der Waals surface area contributed by atoms with E-state index in [2.05, 4.69) is 0 Å². The van der Waals surface area contributed by atoms with Gasteiger partial charge >= 0.3 is 0 Å². The zero-order valence-corrected chi connectivity index (χ0v) is 11.3. The third-order valence-corrected chi connectivity index (χ3v) is 3.94. The fourth-order valence-corrected chi connectivity index (χ4v) is 2.94. The van der Waals surface area contributed by atoms with Gasteiger partial charge in [-0.15, -0.1) is 0 Å². The van der Waals surface area contributed by atoms with Crippen molar-refractivity contribution in [2.45, 2.75) is 4.90 Å². The third-order valence-electron chi connectivity index (χ3n) is 3.02. The molecular weight excluding hydrogens is 276 g/mol.